The summed E-state index contributed by atoms with van der Waals surface area (Å²) in [6, 6.07) is 20.9. The molecule has 1 aliphatic rings. The smallest absolute Gasteiger partial charge is 0.119 e. The minimum absolute atomic E-state index is 0.302. The Bertz CT molecular complexity index is 979. The molecule has 0 aliphatic carbocycles. The van der Waals surface area contributed by atoms with E-state index in [2.05, 4.69) is 70.2 Å². The minimum atomic E-state index is -0.511. The van der Waals surface area contributed by atoms with E-state index in [0.717, 1.165) is 44.9 Å². The number of benzene rings is 2. The molecule has 1 atom stereocenters. The lowest BCUT2D eigenvalue weighted by molar-refractivity contribution is 0.0637. The zero-order chi connectivity index (χ0) is 22.2. The van der Waals surface area contributed by atoms with Crippen LogP contribution in [-0.2, 0) is 26.1 Å². The molecule has 0 saturated heterocycles. The van der Waals surface area contributed by atoms with Crippen molar-refractivity contribution in [1.29, 1.82) is 0 Å². The first-order valence-corrected chi connectivity index (χ1v) is 11.5. The van der Waals surface area contributed by atoms with E-state index in [1.165, 1.54) is 22.3 Å². The number of pyridine rings is 1. The molecule has 4 rings (SSSR count). The molecule has 1 unspecified atom stereocenters. The molecule has 2 heterocycles. The van der Waals surface area contributed by atoms with Gasteiger partial charge in [-0.25, -0.2) is 0 Å². The van der Waals surface area contributed by atoms with Crippen LogP contribution < -0.4 is 4.74 Å². The Morgan fingerprint density at radius 3 is 2.59 bits per heavy atom. The Morgan fingerprint density at radius 2 is 1.78 bits per heavy atom. The maximum absolute atomic E-state index is 10.5. The van der Waals surface area contributed by atoms with Crippen molar-refractivity contribution in [3.63, 3.8) is 0 Å². The van der Waals surface area contributed by atoms with Crippen LogP contribution in [0.15, 0.2) is 73.1 Å². The highest BCUT2D eigenvalue weighted by Gasteiger charge is 2.18. The zero-order valence-corrected chi connectivity index (χ0v) is 18.9. The fourth-order valence-corrected chi connectivity index (χ4v) is 4.27. The molecular weight excluding hydrogens is 398 g/mol. The fraction of sp³-hybridized carbons (Fsp3) is 0.370. The summed E-state index contributed by atoms with van der Waals surface area (Å²) in [5.74, 6) is 0.811. The third kappa shape index (κ3) is 6.39. The number of aromatic nitrogens is 1. The average Bonchev–Trinajstić information content (AvgIpc) is 2.83. The van der Waals surface area contributed by atoms with Gasteiger partial charge in [0.05, 0.1) is 0 Å². The molecule has 32 heavy (non-hydrogen) atoms. The van der Waals surface area contributed by atoms with Crippen LogP contribution >= 0.6 is 0 Å². The van der Waals surface area contributed by atoms with Gasteiger partial charge in [-0.15, -0.1) is 0 Å². The first-order valence-electron chi connectivity index (χ1n) is 11.5. The third-order valence-corrected chi connectivity index (χ3v) is 6.03. The second kappa shape index (κ2) is 11.2. The summed E-state index contributed by atoms with van der Waals surface area (Å²) in [5, 5.41) is 10.5. The Kier molecular flexibility index (Phi) is 7.88. The maximum atomic E-state index is 10.5. The summed E-state index contributed by atoms with van der Waals surface area (Å²) < 4.78 is 5.95. The number of rotatable bonds is 10. The van der Waals surface area contributed by atoms with Crippen LogP contribution in [0.4, 0.5) is 0 Å². The van der Waals surface area contributed by atoms with E-state index in [1.807, 2.05) is 24.5 Å². The quantitative estimate of drug-likeness (QED) is 0.528. The summed E-state index contributed by atoms with van der Waals surface area (Å²) in [6.07, 6.45) is 4.21. The van der Waals surface area contributed by atoms with Gasteiger partial charge in [0.15, 0.2) is 0 Å². The van der Waals surface area contributed by atoms with Gasteiger partial charge in [0.25, 0.3) is 0 Å². The Morgan fingerprint density at radius 1 is 1.00 bits per heavy atom. The van der Waals surface area contributed by atoms with Gasteiger partial charge in [-0.3, -0.25) is 14.8 Å². The molecule has 0 radical (unpaired) electrons. The van der Waals surface area contributed by atoms with E-state index in [-0.39, 0.29) is 0 Å². The molecule has 0 bridgehead atoms. The molecule has 5 nitrogen and oxygen atoms in total. The van der Waals surface area contributed by atoms with Crippen molar-refractivity contribution in [3.05, 3.63) is 95.3 Å². The highest BCUT2D eigenvalue weighted by atomic mass is 16.5. The van der Waals surface area contributed by atoms with Crippen LogP contribution in [0.25, 0.3) is 0 Å². The first-order chi connectivity index (χ1) is 15.7. The lowest BCUT2D eigenvalue weighted by Gasteiger charge is -2.30. The van der Waals surface area contributed by atoms with Crippen LogP contribution in [0.1, 0.15) is 29.2 Å². The van der Waals surface area contributed by atoms with Crippen molar-refractivity contribution in [2.75, 3.05) is 26.2 Å². The van der Waals surface area contributed by atoms with Crippen LogP contribution in [0.2, 0.25) is 0 Å². The van der Waals surface area contributed by atoms with Crippen LogP contribution in [-0.4, -0.2) is 52.2 Å². The van der Waals surface area contributed by atoms with Gasteiger partial charge in [-0.2, -0.15) is 0 Å². The molecular formula is C27H33N3O2. The number of fused-ring (bicyclic) bond motifs is 1. The second-order valence-electron chi connectivity index (χ2n) is 8.52. The molecule has 1 aliphatic heterocycles. The summed E-state index contributed by atoms with van der Waals surface area (Å²) >= 11 is 0. The second-order valence-corrected chi connectivity index (χ2v) is 8.52. The lowest BCUT2D eigenvalue weighted by Crippen LogP contribution is -2.38. The van der Waals surface area contributed by atoms with E-state index in [1.54, 1.807) is 0 Å². The molecule has 168 valence electrons. The number of aliphatic hydroxyl groups excluding tert-OH is 1. The van der Waals surface area contributed by atoms with Gasteiger partial charge >= 0.3 is 0 Å². The van der Waals surface area contributed by atoms with Crippen molar-refractivity contribution >= 4 is 0 Å². The monoisotopic (exact) mass is 431 g/mol. The van der Waals surface area contributed by atoms with Crippen LogP contribution in [0.3, 0.4) is 0 Å². The molecule has 0 amide bonds. The molecule has 0 saturated carbocycles. The van der Waals surface area contributed by atoms with Crippen LogP contribution in [0.5, 0.6) is 5.75 Å². The average molecular weight is 432 g/mol. The summed E-state index contributed by atoms with van der Waals surface area (Å²) in [7, 11) is 0. The van der Waals surface area contributed by atoms with E-state index in [4.69, 9.17) is 4.74 Å². The highest BCUT2D eigenvalue weighted by molar-refractivity contribution is 5.30. The number of hydrogen-bond donors (Lipinski definition) is 1. The molecule has 0 spiro atoms. The number of nitrogens with zero attached hydrogens (tertiary/aromatic N) is 3. The standard InChI is InChI=1S/C27H33N3O2/c1-2-29(17-22-10-13-28-14-11-22)18-23-6-5-9-27(16-23)32-21-26(31)20-30-15-12-24-7-3-4-8-25(24)19-30/h3-11,13-14,16,26,31H,2,12,15,17-21H2,1H3. The van der Waals surface area contributed by atoms with Crippen molar-refractivity contribution < 1.29 is 9.84 Å². The van der Waals surface area contributed by atoms with Crippen LogP contribution in [0, 0.1) is 0 Å². The Labute approximate surface area is 191 Å². The Balaban J connectivity index is 1.26. The zero-order valence-electron chi connectivity index (χ0n) is 18.9. The highest BCUT2D eigenvalue weighted by Crippen LogP contribution is 2.19. The lowest BCUT2D eigenvalue weighted by atomic mass is 10.00. The van der Waals surface area contributed by atoms with Crippen molar-refractivity contribution in [2.24, 2.45) is 0 Å². The molecule has 5 heteroatoms. The van der Waals surface area contributed by atoms with Gasteiger partial charge in [-0.05, 0) is 59.5 Å². The SMILES string of the molecule is CCN(Cc1ccncc1)Cc1cccc(OCC(O)CN2CCc3ccccc3C2)c1. The molecule has 1 aromatic heterocycles. The molecule has 0 fully saturated rings. The number of ether oxygens (including phenoxy) is 1. The summed E-state index contributed by atoms with van der Waals surface area (Å²) in [6.45, 7) is 7.69. The Hall–Kier alpha value is -2.73. The van der Waals surface area contributed by atoms with Gasteiger partial charge in [-0.1, -0.05) is 43.3 Å². The predicted octanol–water partition coefficient (Wildman–Crippen LogP) is 3.90. The predicted molar refractivity (Wildman–Crippen MR) is 127 cm³/mol. The first kappa shape index (κ1) is 22.5. The van der Waals surface area contributed by atoms with Crippen molar-refractivity contribution in [1.82, 2.24) is 14.8 Å². The third-order valence-electron chi connectivity index (χ3n) is 6.03. The topological polar surface area (TPSA) is 48.8 Å². The van der Waals surface area contributed by atoms with Gasteiger partial charge in [0.1, 0.15) is 18.5 Å². The maximum Gasteiger partial charge on any atom is 0.119 e. The van der Waals surface area contributed by atoms with E-state index in [9.17, 15) is 5.11 Å². The summed E-state index contributed by atoms with van der Waals surface area (Å²) in [5.41, 5.74) is 5.27. The normalized spacial score (nSPS) is 14.8. The number of β-amino-alcohol motifs (C(OH)–C–C–N with tert-alkyl or cyclic N) is 1. The van der Waals surface area contributed by atoms with Crippen molar-refractivity contribution in [2.45, 2.75) is 39.1 Å². The van der Waals surface area contributed by atoms with Gasteiger partial charge in [0, 0.05) is 45.1 Å². The molecule has 1 N–H and O–H groups in total. The number of aliphatic hydroxyl groups is 1. The molecule has 3 aromatic rings. The summed E-state index contributed by atoms with van der Waals surface area (Å²) in [4.78, 5) is 8.79. The number of hydrogen-bond acceptors (Lipinski definition) is 5. The largest absolute Gasteiger partial charge is 0.491 e. The van der Waals surface area contributed by atoms with E-state index < -0.39 is 6.10 Å². The van der Waals surface area contributed by atoms with Gasteiger partial charge < -0.3 is 9.84 Å². The van der Waals surface area contributed by atoms with Gasteiger partial charge in [0.2, 0.25) is 0 Å². The molecule has 2 aromatic carbocycles. The van der Waals surface area contributed by atoms with Crippen molar-refractivity contribution in [3.8, 4) is 5.75 Å². The van der Waals surface area contributed by atoms with E-state index in [0.29, 0.717) is 13.2 Å². The fourth-order valence-electron chi connectivity index (χ4n) is 4.27. The minimum Gasteiger partial charge on any atom is -0.491 e. The van der Waals surface area contributed by atoms with E-state index >= 15 is 0 Å².